The smallest absolute Gasteiger partial charge is 0.220 e. The first-order valence-electron chi connectivity index (χ1n) is 11.4. The number of hydrogen-bond acceptors (Lipinski definition) is 6. The van der Waals surface area contributed by atoms with Crippen molar-refractivity contribution in [3.8, 4) is 11.3 Å². The van der Waals surface area contributed by atoms with Crippen LogP contribution in [0.25, 0.3) is 11.3 Å². The van der Waals surface area contributed by atoms with Gasteiger partial charge in [0, 0.05) is 29.5 Å². The van der Waals surface area contributed by atoms with E-state index < -0.39 is 11.6 Å². The quantitative estimate of drug-likeness (QED) is 0.532. The van der Waals surface area contributed by atoms with Crippen LogP contribution >= 0.6 is 11.3 Å². The van der Waals surface area contributed by atoms with Crippen molar-refractivity contribution in [1.29, 1.82) is 0 Å². The lowest BCUT2D eigenvalue weighted by Crippen LogP contribution is -2.62. The van der Waals surface area contributed by atoms with Crippen LogP contribution in [0.15, 0.2) is 58.4 Å². The number of rotatable bonds is 6. The molecule has 2 N–H and O–H groups in total. The second-order valence-electron chi connectivity index (χ2n) is 10.4. The van der Waals surface area contributed by atoms with E-state index in [2.05, 4.69) is 21.4 Å². The van der Waals surface area contributed by atoms with Crippen molar-refractivity contribution < 1.29 is 14.4 Å². The molecule has 1 fully saturated rings. The zero-order valence-electron chi connectivity index (χ0n) is 19.7. The average molecular weight is 468 g/mol. The van der Waals surface area contributed by atoms with Gasteiger partial charge in [0.1, 0.15) is 5.69 Å². The molecule has 1 aromatic carbocycles. The molecule has 3 unspecified atom stereocenters. The molecule has 0 bridgehead atoms. The Labute approximate surface area is 199 Å². The van der Waals surface area contributed by atoms with Crippen LogP contribution in [0.4, 0.5) is 0 Å². The summed E-state index contributed by atoms with van der Waals surface area (Å²) in [6.07, 6.45) is 0.953. The standard InChI is InChI=1S/C26H33N3O3S/c1-25(2,3)16-22(30)27-24-23(21-11-8-14-33-21)29(13-12-26(24,4)31)17-19-15-20(28-32-19)18-9-6-5-7-10-18/h5-11,14-15,23-24,31H,12-13,16-17H2,1-4H3,(H,27,30). The number of nitrogens with one attached hydrogen (secondary N) is 1. The normalized spacial score (nSPS) is 24.0. The number of aliphatic hydroxyl groups is 1. The number of thiophene rings is 1. The second-order valence-corrected chi connectivity index (χ2v) is 11.3. The van der Waals surface area contributed by atoms with Crippen molar-refractivity contribution in [2.45, 2.75) is 64.8 Å². The van der Waals surface area contributed by atoms with Gasteiger partial charge in [-0.1, -0.05) is 62.3 Å². The number of aromatic nitrogens is 1. The maximum Gasteiger partial charge on any atom is 0.220 e. The number of piperidine rings is 1. The number of amides is 1. The molecular weight excluding hydrogens is 434 g/mol. The zero-order chi connectivity index (χ0) is 23.6. The highest BCUT2D eigenvalue weighted by Crippen LogP contribution is 2.40. The molecule has 2 aromatic heterocycles. The molecule has 1 saturated heterocycles. The largest absolute Gasteiger partial charge is 0.388 e. The predicted octanol–water partition coefficient (Wildman–Crippen LogP) is 5.02. The van der Waals surface area contributed by atoms with Crippen molar-refractivity contribution in [3.63, 3.8) is 0 Å². The molecule has 4 rings (SSSR count). The third-order valence-electron chi connectivity index (χ3n) is 6.11. The summed E-state index contributed by atoms with van der Waals surface area (Å²) in [6.45, 7) is 9.19. The Kier molecular flexibility index (Phi) is 6.75. The molecular formula is C26H33N3O3S. The van der Waals surface area contributed by atoms with Gasteiger partial charge in [0.25, 0.3) is 0 Å². The fourth-order valence-electron chi connectivity index (χ4n) is 4.47. The van der Waals surface area contributed by atoms with Crippen LogP contribution in [0.2, 0.25) is 0 Å². The lowest BCUT2D eigenvalue weighted by molar-refractivity contribution is -0.130. The molecule has 0 aliphatic carbocycles. The summed E-state index contributed by atoms with van der Waals surface area (Å²) in [4.78, 5) is 16.3. The molecule has 3 aromatic rings. The first kappa shape index (κ1) is 23.7. The number of carbonyl (C=O) groups excluding carboxylic acids is 1. The van der Waals surface area contributed by atoms with Crippen LogP contribution < -0.4 is 5.32 Å². The van der Waals surface area contributed by atoms with Crippen molar-refractivity contribution >= 4 is 17.2 Å². The molecule has 176 valence electrons. The van der Waals surface area contributed by atoms with Gasteiger partial charge in [0.05, 0.1) is 24.2 Å². The van der Waals surface area contributed by atoms with Crippen LogP contribution in [0.1, 0.15) is 57.2 Å². The highest BCUT2D eigenvalue weighted by atomic mass is 32.1. The monoisotopic (exact) mass is 467 g/mol. The summed E-state index contributed by atoms with van der Waals surface area (Å²) in [5.41, 5.74) is 0.666. The predicted molar refractivity (Wildman–Crippen MR) is 131 cm³/mol. The molecule has 1 aliphatic heterocycles. The molecule has 0 radical (unpaired) electrons. The minimum absolute atomic E-state index is 0.0396. The summed E-state index contributed by atoms with van der Waals surface area (Å²) < 4.78 is 5.68. The fraction of sp³-hybridized carbons (Fsp3) is 0.462. The van der Waals surface area contributed by atoms with Crippen molar-refractivity contribution in [2.75, 3.05) is 6.54 Å². The number of benzene rings is 1. The summed E-state index contributed by atoms with van der Waals surface area (Å²) in [5.74, 6) is 0.721. The molecule has 1 amide bonds. The van der Waals surface area contributed by atoms with Gasteiger partial charge in [-0.05, 0) is 30.2 Å². The van der Waals surface area contributed by atoms with Crippen LogP contribution in [0.3, 0.4) is 0 Å². The van der Waals surface area contributed by atoms with Gasteiger partial charge >= 0.3 is 0 Å². The minimum Gasteiger partial charge on any atom is -0.388 e. The Morgan fingerprint density at radius 2 is 2.03 bits per heavy atom. The molecule has 1 aliphatic rings. The Morgan fingerprint density at radius 1 is 1.27 bits per heavy atom. The molecule has 7 heteroatoms. The van der Waals surface area contributed by atoms with E-state index in [0.717, 1.165) is 21.9 Å². The van der Waals surface area contributed by atoms with E-state index in [1.54, 1.807) is 11.3 Å². The van der Waals surface area contributed by atoms with E-state index in [4.69, 9.17) is 4.52 Å². The molecule has 33 heavy (non-hydrogen) atoms. The van der Waals surface area contributed by atoms with Crippen LogP contribution in [-0.2, 0) is 11.3 Å². The van der Waals surface area contributed by atoms with Crippen molar-refractivity contribution in [3.05, 3.63) is 64.5 Å². The summed E-state index contributed by atoms with van der Waals surface area (Å²) >= 11 is 1.64. The summed E-state index contributed by atoms with van der Waals surface area (Å²) in [6, 6.07) is 15.4. The molecule has 0 saturated carbocycles. The first-order valence-corrected chi connectivity index (χ1v) is 12.3. The molecule has 6 nitrogen and oxygen atoms in total. The summed E-state index contributed by atoms with van der Waals surface area (Å²) in [5, 5.41) is 20.8. The summed E-state index contributed by atoms with van der Waals surface area (Å²) in [7, 11) is 0. The lowest BCUT2D eigenvalue weighted by Gasteiger charge is -2.48. The van der Waals surface area contributed by atoms with Crippen LogP contribution in [0.5, 0.6) is 0 Å². The van der Waals surface area contributed by atoms with Crippen molar-refractivity contribution in [1.82, 2.24) is 15.4 Å². The fourth-order valence-corrected chi connectivity index (χ4v) is 5.37. The molecule has 0 spiro atoms. The van der Waals surface area contributed by atoms with Gasteiger partial charge in [-0.3, -0.25) is 9.69 Å². The Morgan fingerprint density at radius 3 is 2.70 bits per heavy atom. The van der Waals surface area contributed by atoms with Gasteiger partial charge in [-0.25, -0.2) is 0 Å². The maximum absolute atomic E-state index is 12.9. The SMILES string of the molecule is CC(C)(C)CC(=O)NC1C(c2cccs2)N(Cc2cc(-c3ccccc3)no2)CCC1(C)O. The van der Waals surface area contributed by atoms with E-state index in [1.807, 2.05) is 75.5 Å². The third-order valence-corrected chi connectivity index (χ3v) is 7.06. The second kappa shape index (κ2) is 9.41. The Hall–Kier alpha value is -2.48. The number of hydrogen-bond donors (Lipinski definition) is 2. The number of carbonyl (C=O) groups is 1. The van der Waals surface area contributed by atoms with E-state index in [9.17, 15) is 9.90 Å². The van der Waals surface area contributed by atoms with Crippen molar-refractivity contribution in [2.24, 2.45) is 5.41 Å². The third kappa shape index (κ3) is 5.72. The number of nitrogens with zero attached hydrogens (tertiary/aromatic N) is 2. The lowest BCUT2D eigenvalue weighted by atomic mass is 9.81. The van der Waals surface area contributed by atoms with Crippen LogP contribution in [-0.4, -0.2) is 39.3 Å². The van der Waals surface area contributed by atoms with Gasteiger partial charge in [-0.15, -0.1) is 11.3 Å². The maximum atomic E-state index is 12.9. The highest BCUT2D eigenvalue weighted by Gasteiger charge is 2.47. The average Bonchev–Trinajstić information content (AvgIpc) is 3.42. The molecule has 3 atom stereocenters. The van der Waals surface area contributed by atoms with E-state index in [0.29, 0.717) is 25.9 Å². The van der Waals surface area contributed by atoms with Gasteiger partial charge in [-0.2, -0.15) is 0 Å². The minimum atomic E-state index is -1.02. The number of likely N-dealkylation sites (tertiary alicyclic amines) is 1. The molecule has 3 heterocycles. The Balaban J connectivity index is 1.60. The van der Waals surface area contributed by atoms with E-state index >= 15 is 0 Å². The topological polar surface area (TPSA) is 78.6 Å². The highest BCUT2D eigenvalue weighted by molar-refractivity contribution is 7.10. The zero-order valence-corrected chi connectivity index (χ0v) is 20.6. The first-order chi connectivity index (χ1) is 15.6. The Bertz CT molecular complexity index is 1050. The van der Waals surface area contributed by atoms with Gasteiger partial charge in [0.15, 0.2) is 5.76 Å². The van der Waals surface area contributed by atoms with E-state index in [1.165, 1.54) is 0 Å². The van der Waals surface area contributed by atoms with Gasteiger partial charge < -0.3 is 14.9 Å². The van der Waals surface area contributed by atoms with Gasteiger partial charge in [0.2, 0.25) is 5.91 Å². The van der Waals surface area contributed by atoms with Crippen LogP contribution in [0, 0.1) is 5.41 Å². The van der Waals surface area contributed by atoms with E-state index in [-0.39, 0.29) is 17.4 Å².